The van der Waals surface area contributed by atoms with E-state index < -0.39 is 0 Å². The number of hydrogen-bond acceptors (Lipinski definition) is 4. The molecule has 5 nitrogen and oxygen atoms in total. The first-order chi connectivity index (χ1) is 10.3. The zero-order chi connectivity index (χ0) is 14.5. The number of carbonyl (C=O) groups is 1. The van der Waals surface area contributed by atoms with Crippen molar-refractivity contribution in [2.24, 2.45) is 0 Å². The van der Waals surface area contributed by atoms with E-state index in [1.54, 1.807) is 12.4 Å². The summed E-state index contributed by atoms with van der Waals surface area (Å²) in [6, 6.07) is 11.3. The molecule has 1 saturated heterocycles. The molecular formula is C16H17N3O2. The number of amides is 1. The molecule has 2 heterocycles. The van der Waals surface area contributed by atoms with E-state index in [4.69, 9.17) is 4.74 Å². The SMILES string of the molecule is O=C(Nc1ccccc1)c1cncc(N2CCOCC2)c1. The maximum absolute atomic E-state index is 12.3. The van der Waals surface area contributed by atoms with Gasteiger partial charge in [-0.1, -0.05) is 18.2 Å². The van der Waals surface area contributed by atoms with Gasteiger partial charge in [-0.05, 0) is 18.2 Å². The van der Waals surface area contributed by atoms with Gasteiger partial charge in [0.15, 0.2) is 0 Å². The van der Waals surface area contributed by atoms with E-state index in [0.717, 1.165) is 24.5 Å². The van der Waals surface area contributed by atoms with Crippen LogP contribution >= 0.6 is 0 Å². The summed E-state index contributed by atoms with van der Waals surface area (Å²) >= 11 is 0. The van der Waals surface area contributed by atoms with Crippen LogP contribution in [0.2, 0.25) is 0 Å². The lowest BCUT2D eigenvalue weighted by Crippen LogP contribution is -2.36. The van der Waals surface area contributed by atoms with Gasteiger partial charge in [-0.25, -0.2) is 0 Å². The maximum Gasteiger partial charge on any atom is 0.257 e. The van der Waals surface area contributed by atoms with Crippen LogP contribution in [0.5, 0.6) is 0 Å². The number of carbonyl (C=O) groups excluding carboxylic acids is 1. The number of ether oxygens (including phenoxy) is 1. The molecule has 5 heteroatoms. The molecule has 1 aliphatic rings. The quantitative estimate of drug-likeness (QED) is 0.938. The summed E-state index contributed by atoms with van der Waals surface area (Å²) in [6.07, 6.45) is 3.37. The molecule has 108 valence electrons. The first kappa shape index (κ1) is 13.6. The summed E-state index contributed by atoms with van der Waals surface area (Å²) in [5.74, 6) is -0.149. The van der Waals surface area contributed by atoms with E-state index in [9.17, 15) is 4.79 Å². The number of rotatable bonds is 3. The molecular weight excluding hydrogens is 266 g/mol. The fraction of sp³-hybridized carbons (Fsp3) is 0.250. The Morgan fingerprint density at radius 2 is 1.90 bits per heavy atom. The first-order valence-electron chi connectivity index (χ1n) is 6.97. The van der Waals surface area contributed by atoms with E-state index in [0.29, 0.717) is 18.8 Å². The molecule has 0 unspecified atom stereocenters. The molecule has 1 aromatic carbocycles. The van der Waals surface area contributed by atoms with Crippen molar-refractivity contribution < 1.29 is 9.53 Å². The monoisotopic (exact) mass is 283 g/mol. The van der Waals surface area contributed by atoms with Crippen molar-refractivity contribution >= 4 is 17.3 Å². The van der Waals surface area contributed by atoms with Gasteiger partial charge < -0.3 is 15.0 Å². The summed E-state index contributed by atoms with van der Waals surface area (Å²) in [6.45, 7) is 3.07. The van der Waals surface area contributed by atoms with E-state index >= 15 is 0 Å². The van der Waals surface area contributed by atoms with Gasteiger partial charge >= 0.3 is 0 Å². The highest BCUT2D eigenvalue weighted by Gasteiger charge is 2.14. The topological polar surface area (TPSA) is 54.5 Å². The van der Waals surface area contributed by atoms with Crippen LogP contribution in [0.15, 0.2) is 48.8 Å². The highest BCUT2D eigenvalue weighted by atomic mass is 16.5. The number of hydrogen-bond donors (Lipinski definition) is 1. The van der Waals surface area contributed by atoms with Crippen LogP contribution in [-0.4, -0.2) is 37.2 Å². The Kier molecular flexibility index (Phi) is 4.12. The number of nitrogens with one attached hydrogen (secondary N) is 1. The van der Waals surface area contributed by atoms with E-state index in [2.05, 4.69) is 15.2 Å². The number of aromatic nitrogens is 1. The standard InChI is InChI=1S/C16H17N3O2/c20-16(18-14-4-2-1-3-5-14)13-10-15(12-17-11-13)19-6-8-21-9-7-19/h1-5,10-12H,6-9H2,(H,18,20). The number of benzene rings is 1. The Labute approximate surface area is 123 Å². The first-order valence-corrected chi connectivity index (χ1v) is 6.97. The van der Waals surface area contributed by atoms with Crippen molar-refractivity contribution in [1.82, 2.24) is 4.98 Å². The van der Waals surface area contributed by atoms with Crippen LogP contribution in [0.3, 0.4) is 0 Å². The zero-order valence-corrected chi connectivity index (χ0v) is 11.7. The van der Waals surface area contributed by atoms with Crippen molar-refractivity contribution in [2.75, 3.05) is 36.5 Å². The molecule has 3 rings (SSSR count). The number of morpholine rings is 1. The third-order valence-electron chi connectivity index (χ3n) is 3.39. The molecule has 2 aromatic rings. The van der Waals surface area contributed by atoms with Crippen LogP contribution in [0.4, 0.5) is 11.4 Å². The van der Waals surface area contributed by atoms with Gasteiger partial charge in [0.2, 0.25) is 0 Å². The summed E-state index contributed by atoms with van der Waals surface area (Å²) in [5.41, 5.74) is 2.29. The van der Waals surface area contributed by atoms with E-state index in [-0.39, 0.29) is 5.91 Å². The molecule has 0 radical (unpaired) electrons. The predicted molar refractivity (Wildman–Crippen MR) is 81.7 cm³/mol. The molecule has 1 amide bonds. The predicted octanol–water partition coefficient (Wildman–Crippen LogP) is 2.17. The second kappa shape index (κ2) is 6.37. The fourth-order valence-electron chi connectivity index (χ4n) is 2.27. The van der Waals surface area contributed by atoms with Crippen LogP contribution < -0.4 is 10.2 Å². The number of nitrogens with zero attached hydrogens (tertiary/aromatic N) is 2. The average Bonchev–Trinajstić information content (AvgIpc) is 2.57. The van der Waals surface area contributed by atoms with Crippen LogP contribution in [-0.2, 0) is 4.74 Å². The maximum atomic E-state index is 12.3. The highest BCUT2D eigenvalue weighted by molar-refractivity contribution is 6.04. The second-order valence-electron chi connectivity index (χ2n) is 4.85. The molecule has 21 heavy (non-hydrogen) atoms. The fourth-order valence-corrected chi connectivity index (χ4v) is 2.27. The largest absolute Gasteiger partial charge is 0.378 e. The van der Waals surface area contributed by atoms with Crippen molar-refractivity contribution in [2.45, 2.75) is 0 Å². The lowest BCUT2D eigenvalue weighted by molar-refractivity contribution is 0.102. The molecule has 1 aliphatic heterocycles. The number of anilines is 2. The van der Waals surface area contributed by atoms with E-state index in [1.807, 2.05) is 36.4 Å². The molecule has 0 aliphatic carbocycles. The van der Waals surface area contributed by atoms with Gasteiger partial charge in [-0.2, -0.15) is 0 Å². The minimum Gasteiger partial charge on any atom is -0.378 e. The molecule has 0 spiro atoms. The summed E-state index contributed by atoms with van der Waals surface area (Å²) < 4.78 is 5.34. The molecule has 0 bridgehead atoms. The zero-order valence-electron chi connectivity index (χ0n) is 11.7. The summed E-state index contributed by atoms with van der Waals surface area (Å²) in [7, 11) is 0. The Morgan fingerprint density at radius 3 is 2.67 bits per heavy atom. The minimum atomic E-state index is -0.149. The van der Waals surface area contributed by atoms with Crippen molar-refractivity contribution in [3.8, 4) is 0 Å². The smallest absolute Gasteiger partial charge is 0.257 e. The van der Waals surface area contributed by atoms with Crippen LogP contribution in [0, 0.1) is 0 Å². The van der Waals surface area contributed by atoms with Gasteiger partial charge in [-0.15, -0.1) is 0 Å². The highest BCUT2D eigenvalue weighted by Crippen LogP contribution is 2.17. The number of para-hydroxylation sites is 1. The van der Waals surface area contributed by atoms with Gasteiger partial charge in [0.25, 0.3) is 5.91 Å². The van der Waals surface area contributed by atoms with Gasteiger partial charge in [0.1, 0.15) is 0 Å². The average molecular weight is 283 g/mol. The van der Waals surface area contributed by atoms with Crippen LogP contribution in [0.1, 0.15) is 10.4 Å². The Hall–Kier alpha value is -2.40. The molecule has 0 atom stereocenters. The lowest BCUT2D eigenvalue weighted by Gasteiger charge is -2.28. The Bertz CT molecular complexity index is 610. The molecule has 1 fully saturated rings. The summed E-state index contributed by atoms with van der Waals surface area (Å²) in [4.78, 5) is 18.6. The minimum absolute atomic E-state index is 0.149. The van der Waals surface area contributed by atoms with Gasteiger partial charge in [0.05, 0.1) is 30.7 Å². The normalized spacial score (nSPS) is 14.8. The molecule has 0 saturated carbocycles. The second-order valence-corrected chi connectivity index (χ2v) is 4.85. The van der Waals surface area contributed by atoms with Crippen LogP contribution in [0.25, 0.3) is 0 Å². The molecule has 1 N–H and O–H groups in total. The lowest BCUT2D eigenvalue weighted by atomic mass is 10.2. The van der Waals surface area contributed by atoms with Crippen molar-refractivity contribution in [3.63, 3.8) is 0 Å². The third-order valence-corrected chi connectivity index (χ3v) is 3.39. The Morgan fingerprint density at radius 1 is 1.14 bits per heavy atom. The summed E-state index contributed by atoms with van der Waals surface area (Å²) in [5, 5.41) is 2.87. The third kappa shape index (κ3) is 3.38. The van der Waals surface area contributed by atoms with E-state index in [1.165, 1.54) is 0 Å². The molecule has 1 aromatic heterocycles. The van der Waals surface area contributed by atoms with Gasteiger partial charge in [0, 0.05) is 25.0 Å². The Balaban J connectivity index is 1.74. The van der Waals surface area contributed by atoms with Gasteiger partial charge in [-0.3, -0.25) is 9.78 Å². The number of pyridine rings is 1. The van der Waals surface area contributed by atoms with Crippen molar-refractivity contribution in [1.29, 1.82) is 0 Å². The van der Waals surface area contributed by atoms with Crippen molar-refractivity contribution in [3.05, 3.63) is 54.4 Å².